The van der Waals surface area contributed by atoms with Gasteiger partial charge in [-0.05, 0) is 43.1 Å². The smallest absolute Gasteiger partial charge is 0.223 e. The second kappa shape index (κ2) is 20.6. The van der Waals surface area contributed by atoms with Crippen LogP contribution in [0.15, 0.2) is 36.5 Å². The number of rotatable bonds is 5. The van der Waals surface area contributed by atoms with Crippen LogP contribution in [-0.2, 0) is 16.1 Å². The molecule has 2 aromatic rings. The molecule has 35 heavy (non-hydrogen) atoms. The maximum atomic E-state index is 11.6. The van der Waals surface area contributed by atoms with Gasteiger partial charge in [0.2, 0.25) is 12.3 Å². The summed E-state index contributed by atoms with van der Waals surface area (Å²) in [7, 11) is 3.75. The summed E-state index contributed by atoms with van der Waals surface area (Å²) in [5.41, 5.74) is 3.20. The summed E-state index contributed by atoms with van der Waals surface area (Å²) in [4.78, 5) is 23.5. The zero-order chi connectivity index (χ0) is 27.3. The Labute approximate surface area is 212 Å². The molecule has 1 saturated heterocycles. The number of benzene rings is 1. The van der Waals surface area contributed by atoms with Crippen LogP contribution in [0, 0.1) is 5.41 Å². The van der Waals surface area contributed by atoms with E-state index in [1.807, 2.05) is 72.1 Å². The molecular weight excluding hydrogens is 442 g/mol. The summed E-state index contributed by atoms with van der Waals surface area (Å²) < 4.78 is 0. The third-order valence-corrected chi connectivity index (χ3v) is 4.35. The van der Waals surface area contributed by atoms with E-state index in [0.29, 0.717) is 25.9 Å². The standard InChI is InChI=1S/C11H11N3O.C10H19NO2.C2H7N.2C2H6/c15-8-12-7-9-1-3-10(4-2-9)11-5-6-13-14-11;1-10(2,3)6-9(13)11-5-4-8(12)7-11;1-3-2;2*1-2/h1-6,8H,7H2,(H,12,15)(H,13,14);8,12H,4-7H2,1-3H3;3H,1-2H3;2*1-2H3. The third kappa shape index (κ3) is 16.5. The maximum absolute atomic E-state index is 11.6. The van der Waals surface area contributed by atoms with Crippen molar-refractivity contribution in [3.63, 3.8) is 0 Å². The topological polar surface area (TPSA) is 110 Å². The van der Waals surface area contributed by atoms with Gasteiger partial charge in [-0.3, -0.25) is 14.7 Å². The van der Waals surface area contributed by atoms with Crippen LogP contribution in [0.2, 0.25) is 0 Å². The van der Waals surface area contributed by atoms with E-state index in [-0.39, 0.29) is 17.4 Å². The highest BCUT2D eigenvalue weighted by Gasteiger charge is 2.27. The van der Waals surface area contributed by atoms with E-state index >= 15 is 0 Å². The molecular formula is C27H49N5O3. The van der Waals surface area contributed by atoms with E-state index in [9.17, 15) is 14.7 Å². The molecule has 0 aliphatic carbocycles. The number of carbonyl (C=O) groups is 2. The van der Waals surface area contributed by atoms with Crippen LogP contribution in [0.4, 0.5) is 0 Å². The number of hydrogen-bond donors (Lipinski definition) is 4. The predicted octanol–water partition coefficient (Wildman–Crippen LogP) is 4.23. The number of aliphatic hydroxyl groups excluding tert-OH is 1. The zero-order valence-corrected chi connectivity index (χ0v) is 23.3. The lowest BCUT2D eigenvalue weighted by Gasteiger charge is -2.22. The molecule has 0 spiro atoms. The van der Waals surface area contributed by atoms with Crippen LogP contribution in [0.1, 0.15) is 66.9 Å². The van der Waals surface area contributed by atoms with Gasteiger partial charge in [-0.25, -0.2) is 0 Å². The predicted molar refractivity (Wildman–Crippen MR) is 146 cm³/mol. The van der Waals surface area contributed by atoms with Gasteiger partial charge < -0.3 is 20.6 Å². The van der Waals surface area contributed by atoms with Crippen LogP contribution in [-0.4, -0.2) is 65.8 Å². The molecule has 8 heteroatoms. The van der Waals surface area contributed by atoms with Crippen molar-refractivity contribution < 1.29 is 14.7 Å². The average molecular weight is 492 g/mol. The monoisotopic (exact) mass is 491 g/mol. The van der Waals surface area contributed by atoms with E-state index in [1.165, 1.54) is 0 Å². The minimum absolute atomic E-state index is 0.0463. The minimum atomic E-state index is -0.302. The van der Waals surface area contributed by atoms with Crippen LogP contribution in [0.3, 0.4) is 0 Å². The van der Waals surface area contributed by atoms with E-state index < -0.39 is 0 Å². The van der Waals surface area contributed by atoms with Gasteiger partial charge in [0, 0.05) is 32.3 Å². The van der Waals surface area contributed by atoms with Crippen molar-refractivity contribution in [1.29, 1.82) is 0 Å². The molecule has 4 N–H and O–H groups in total. The van der Waals surface area contributed by atoms with Crippen molar-refractivity contribution in [3.05, 3.63) is 42.1 Å². The Kier molecular flexibility index (Phi) is 20.3. The lowest BCUT2D eigenvalue weighted by molar-refractivity contribution is -0.132. The van der Waals surface area contributed by atoms with Gasteiger partial charge >= 0.3 is 0 Å². The number of amides is 2. The first-order valence-corrected chi connectivity index (χ1v) is 12.5. The first kappa shape index (κ1) is 34.5. The SMILES string of the molecule is CC.CC.CC(C)(C)CC(=O)N1CCC(O)C1.CNC.O=CNCc1ccc(-c2ccn[nH]2)cc1. The number of aromatic nitrogens is 2. The number of hydrogen-bond acceptors (Lipinski definition) is 5. The Morgan fingerprint density at radius 2 is 1.71 bits per heavy atom. The number of aromatic amines is 1. The van der Waals surface area contributed by atoms with Crippen LogP contribution in [0.5, 0.6) is 0 Å². The molecule has 8 nitrogen and oxygen atoms in total. The molecule has 200 valence electrons. The molecule has 1 aliphatic heterocycles. The second-order valence-corrected chi connectivity index (χ2v) is 8.69. The van der Waals surface area contributed by atoms with Crippen molar-refractivity contribution in [2.24, 2.45) is 5.41 Å². The van der Waals surface area contributed by atoms with Crippen LogP contribution >= 0.6 is 0 Å². The Morgan fingerprint density at radius 1 is 1.14 bits per heavy atom. The van der Waals surface area contributed by atoms with Crippen molar-refractivity contribution in [3.8, 4) is 11.3 Å². The van der Waals surface area contributed by atoms with Crippen molar-refractivity contribution >= 4 is 12.3 Å². The summed E-state index contributed by atoms with van der Waals surface area (Å²) >= 11 is 0. The van der Waals surface area contributed by atoms with E-state index in [2.05, 4.69) is 41.6 Å². The lowest BCUT2D eigenvalue weighted by Crippen LogP contribution is -2.32. The van der Waals surface area contributed by atoms with Crippen molar-refractivity contribution in [1.82, 2.24) is 25.7 Å². The normalized spacial score (nSPS) is 13.9. The quantitative estimate of drug-likeness (QED) is 0.468. The molecule has 0 radical (unpaired) electrons. The van der Waals surface area contributed by atoms with Gasteiger partial charge in [-0.1, -0.05) is 72.7 Å². The fourth-order valence-corrected chi connectivity index (χ4v) is 2.91. The fourth-order valence-electron chi connectivity index (χ4n) is 2.91. The molecule has 2 heterocycles. The third-order valence-electron chi connectivity index (χ3n) is 4.35. The number of likely N-dealkylation sites (tertiary alicyclic amines) is 1. The molecule has 1 fully saturated rings. The lowest BCUT2D eigenvalue weighted by atomic mass is 9.92. The Balaban J connectivity index is 0. The first-order valence-electron chi connectivity index (χ1n) is 12.5. The molecule has 1 unspecified atom stereocenters. The molecule has 1 atom stereocenters. The van der Waals surface area contributed by atoms with Gasteiger partial charge in [0.15, 0.2) is 0 Å². The summed E-state index contributed by atoms with van der Waals surface area (Å²) in [5, 5.41) is 21.4. The van der Waals surface area contributed by atoms with Gasteiger partial charge in [0.1, 0.15) is 0 Å². The maximum Gasteiger partial charge on any atom is 0.223 e. The summed E-state index contributed by atoms with van der Waals surface area (Å²) in [6.07, 6.45) is 3.42. The van der Waals surface area contributed by atoms with Gasteiger partial charge in [-0.15, -0.1) is 0 Å². The largest absolute Gasteiger partial charge is 0.391 e. The molecule has 0 saturated carbocycles. The van der Waals surface area contributed by atoms with Crippen LogP contribution < -0.4 is 10.6 Å². The first-order chi connectivity index (χ1) is 16.7. The highest BCUT2D eigenvalue weighted by Crippen LogP contribution is 2.21. The number of nitrogens with one attached hydrogen (secondary N) is 3. The highest BCUT2D eigenvalue weighted by molar-refractivity contribution is 5.77. The molecule has 2 amide bonds. The van der Waals surface area contributed by atoms with Gasteiger partial charge in [0.25, 0.3) is 0 Å². The van der Waals surface area contributed by atoms with E-state index in [0.717, 1.165) is 29.8 Å². The summed E-state index contributed by atoms with van der Waals surface area (Å²) in [6.45, 7) is 16.0. The molecule has 0 bridgehead atoms. The van der Waals surface area contributed by atoms with Gasteiger partial charge in [0.05, 0.1) is 11.8 Å². The summed E-state index contributed by atoms with van der Waals surface area (Å²) in [5.74, 6) is 0.170. The molecule has 3 rings (SSSR count). The Hall–Kier alpha value is -2.71. The van der Waals surface area contributed by atoms with Crippen molar-refractivity contribution in [2.45, 2.75) is 74.0 Å². The number of β-amino-alcohol motifs (C(OH)–C–C–N with tert-alkyl or cyclic N) is 1. The van der Waals surface area contributed by atoms with Crippen molar-refractivity contribution in [2.75, 3.05) is 27.2 Å². The number of H-pyrrole nitrogens is 1. The van der Waals surface area contributed by atoms with E-state index in [4.69, 9.17) is 0 Å². The second-order valence-electron chi connectivity index (χ2n) is 8.69. The minimum Gasteiger partial charge on any atom is -0.391 e. The molecule has 1 aromatic carbocycles. The number of carbonyl (C=O) groups excluding carboxylic acids is 2. The van der Waals surface area contributed by atoms with E-state index in [1.54, 1.807) is 11.1 Å². The van der Waals surface area contributed by atoms with Crippen LogP contribution in [0.25, 0.3) is 11.3 Å². The highest BCUT2D eigenvalue weighted by atomic mass is 16.3. The average Bonchev–Trinajstić information content (AvgIpc) is 3.53. The Bertz CT molecular complexity index is 756. The zero-order valence-electron chi connectivity index (χ0n) is 23.3. The molecule has 1 aromatic heterocycles. The number of aliphatic hydroxyl groups is 1. The summed E-state index contributed by atoms with van der Waals surface area (Å²) in [6, 6.07) is 9.86. The Morgan fingerprint density at radius 3 is 2.11 bits per heavy atom. The fraction of sp³-hybridized carbons (Fsp3) is 0.593. The number of nitrogens with zero attached hydrogens (tertiary/aromatic N) is 2. The molecule has 1 aliphatic rings. The van der Waals surface area contributed by atoms with Gasteiger partial charge in [-0.2, -0.15) is 5.10 Å².